The standard InChI is InChI=1S/C34H43Cl3N8O2/c1-34(2)23-41(14-13-40(34)3)10-7-26-22-45(39-38-26)27-8-11-43(12-9-27)32(46)24-5-4-6-25(19-24)33(47)44-17-15-42(16-18-44)28-20-29(35)31(37)30(36)21-28/h4-6,19-22,27H,7-18,23H2,1-3H3. The Morgan fingerprint density at radius 1 is 0.851 bits per heavy atom. The molecule has 252 valence electrons. The van der Waals surface area contributed by atoms with Gasteiger partial charge < -0.3 is 14.7 Å². The number of piperazine rings is 2. The van der Waals surface area contributed by atoms with Crippen molar-refractivity contribution in [1.82, 2.24) is 34.6 Å². The number of halogens is 3. The summed E-state index contributed by atoms with van der Waals surface area (Å²) in [5.74, 6) is -0.128. The van der Waals surface area contributed by atoms with Crippen LogP contribution in [0.4, 0.5) is 5.69 Å². The topological polar surface area (TPSA) is 81.0 Å². The number of benzene rings is 2. The van der Waals surface area contributed by atoms with Gasteiger partial charge in [-0.05, 0) is 64.1 Å². The molecular weight excluding hydrogens is 659 g/mol. The molecule has 2 aromatic carbocycles. The van der Waals surface area contributed by atoms with E-state index in [0.29, 0.717) is 65.5 Å². The Bertz CT molecular complexity index is 1570. The molecule has 0 radical (unpaired) electrons. The SMILES string of the molecule is CN1CCN(CCc2cn(C3CCN(C(=O)c4cccc(C(=O)N5CCN(c6cc(Cl)c(Cl)c(Cl)c6)CC5)c4)CC3)nn2)CC1(C)C. The summed E-state index contributed by atoms with van der Waals surface area (Å²) in [6, 6.07) is 10.9. The number of hydrogen-bond acceptors (Lipinski definition) is 7. The predicted octanol–water partition coefficient (Wildman–Crippen LogP) is 5.25. The molecule has 0 saturated carbocycles. The Labute approximate surface area is 292 Å². The largest absolute Gasteiger partial charge is 0.368 e. The molecule has 0 aliphatic carbocycles. The summed E-state index contributed by atoms with van der Waals surface area (Å²) in [7, 11) is 2.20. The number of aromatic nitrogens is 3. The highest BCUT2D eigenvalue weighted by molar-refractivity contribution is 6.48. The molecule has 0 N–H and O–H groups in total. The van der Waals surface area contributed by atoms with E-state index in [-0.39, 0.29) is 23.4 Å². The van der Waals surface area contributed by atoms with Gasteiger partial charge in [0.2, 0.25) is 0 Å². The number of rotatable bonds is 7. The van der Waals surface area contributed by atoms with Gasteiger partial charge in [0.1, 0.15) is 0 Å². The lowest BCUT2D eigenvalue weighted by molar-refractivity contribution is 0.0406. The van der Waals surface area contributed by atoms with Gasteiger partial charge in [-0.25, -0.2) is 4.68 Å². The van der Waals surface area contributed by atoms with Gasteiger partial charge in [-0.3, -0.25) is 19.4 Å². The highest BCUT2D eigenvalue weighted by Crippen LogP contribution is 2.35. The molecule has 6 rings (SSSR count). The fourth-order valence-electron chi connectivity index (χ4n) is 6.79. The minimum absolute atomic E-state index is 0.0474. The molecule has 47 heavy (non-hydrogen) atoms. The van der Waals surface area contributed by atoms with Crippen molar-refractivity contribution in [2.24, 2.45) is 0 Å². The van der Waals surface area contributed by atoms with Crippen LogP contribution in [0.2, 0.25) is 15.1 Å². The lowest BCUT2D eigenvalue weighted by Gasteiger charge is -2.45. The summed E-state index contributed by atoms with van der Waals surface area (Å²) >= 11 is 18.6. The average Bonchev–Trinajstić information content (AvgIpc) is 3.56. The van der Waals surface area contributed by atoms with Crippen molar-refractivity contribution in [2.45, 2.75) is 44.7 Å². The molecular formula is C34H43Cl3N8O2. The van der Waals surface area contributed by atoms with Crippen molar-refractivity contribution < 1.29 is 9.59 Å². The van der Waals surface area contributed by atoms with E-state index in [1.54, 1.807) is 36.4 Å². The molecule has 0 atom stereocenters. The van der Waals surface area contributed by atoms with Gasteiger partial charge in [0.25, 0.3) is 11.8 Å². The maximum Gasteiger partial charge on any atom is 0.253 e. The van der Waals surface area contributed by atoms with Gasteiger partial charge in [-0.2, -0.15) is 0 Å². The number of likely N-dealkylation sites (N-methyl/N-ethyl adjacent to an activating group) is 1. The molecule has 3 saturated heterocycles. The van der Waals surface area contributed by atoms with E-state index in [4.69, 9.17) is 34.8 Å². The van der Waals surface area contributed by atoms with Crippen LogP contribution in [0.1, 0.15) is 59.1 Å². The third-order valence-electron chi connectivity index (χ3n) is 10.0. The van der Waals surface area contributed by atoms with Gasteiger partial charge in [-0.15, -0.1) is 5.10 Å². The first kappa shape index (κ1) is 34.0. The number of amides is 2. The minimum Gasteiger partial charge on any atom is -0.368 e. The van der Waals surface area contributed by atoms with Crippen molar-refractivity contribution in [1.29, 1.82) is 0 Å². The van der Waals surface area contributed by atoms with Crippen LogP contribution < -0.4 is 4.90 Å². The van der Waals surface area contributed by atoms with Crippen LogP contribution in [0.3, 0.4) is 0 Å². The van der Waals surface area contributed by atoms with Crippen LogP contribution in [-0.2, 0) is 6.42 Å². The van der Waals surface area contributed by atoms with Crippen LogP contribution in [-0.4, -0.2) is 124 Å². The molecule has 13 heteroatoms. The molecule has 3 fully saturated rings. The van der Waals surface area contributed by atoms with Crippen LogP contribution in [0.15, 0.2) is 42.6 Å². The van der Waals surface area contributed by atoms with E-state index in [0.717, 1.165) is 56.8 Å². The van der Waals surface area contributed by atoms with Crippen molar-refractivity contribution in [3.63, 3.8) is 0 Å². The van der Waals surface area contributed by atoms with E-state index < -0.39 is 0 Å². The third-order valence-corrected chi connectivity index (χ3v) is 11.2. The number of piperidine rings is 1. The number of hydrogen-bond donors (Lipinski definition) is 0. The van der Waals surface area contributed by atoms with E-state index in [1.165, 1.54) is 0 Å². The zero-order chi connectivity index (χ0) is 33.3. The first-order valence-corrected chi connectivity index (χ1v) is 17.5. The molecule has 3 aliphatic heterocycles. The fraction of sp³-hybridized carbons (Fsp3) is 0.529. The Hall–Kier alpha value is -2.89. The zero-order valence-corrected chi connectivity index (χ0v) is 29.6. The molecule has 0 bridgehead atoms. The van der Waals surface area contributed by atoms with Gasteiger partial charge in [-0.1, -0.05) is 46.1 Å². The van der Waals surface area contributed by atoms with Gasteiger partial charge >= 0.3 is 0 Å². The molecule has 3 aromatic rings. The number of nitrogens with zero attached hydrogens (tertiary/aromatic N) is 8. The van der Waals surface area contributed by atoms with E-state index in [9.17, 15) is 9.59 Å². The fourth-order valence-corrected chi connectivity index (χ4v) is 7.37. The summed E-state index contributed by atoms with van der Waals surface area (Å²) in [5.41, 5.74) is 3.13. The number of carbonyl (C=O) groups is 2. The Kier molecular flexibility index (Phi) is 10.3. The van der Waals surface area contributed by atoms with E-state index >= 15 is 0 Å². The molecule has 1 aromatic heterocycles. The summed E-state index contributed by atoms with van der Waals surface area (Å²) in [4.78, 5) is 37.7. The first-order valence-electron chi connectivity index (χ1n) is 16.4. The van der Waals surface area contributed by atoms with Crippen molar-refractivity contribution in [3.05, 3.63) is 74.5 Å². The maximum atomic E-state index is 13.5. The summed E-state index contributed by atoms with van der Waals surface area (Å²) < 4.78 is 1.99. The van der Waals surface area contributed by atoms with Crippen molar-refractivity contribution in [3.8, 4) is 0 Å². The highest BCUT2D eigenvalue weighted by Gasteiger charge is 2.31. The second-order valence-electron chi connectivity index (χ2n) is 13.6. The van der Waals surface area contributed by atoms with Gasteiger partial charge in [0.05, 0.1) is 26.8 Å². The second kappa shape index (κ2) is 14.3. The van der Waals surface area contributed by atoms with Crippen LogP contribution in [0.25, 0.3) is 0 Å². The summed E-state index contributed by atoms with van der Waals surface area (Å²) in [6.07, 6.45) is 4.59. The van der Waals surface area contributed by atoms with Gasteiger partial charge in [0.15, 0.2) is 0 Å². The van der Waals surface area contributed by atoms with Gasteiger partial charge in [0, 0.05) is 100 Å². The lowest BCUT2D eigenvalue weighted by Crippen LogP contribution is -2.57. The van der Waals surface area contributed by atoms with Crippen molar-refractivity contribution in [2.75, 3.05) is 77.4 Å². The average molecular weight is 702 g/mol. The summed E-state index contributed by atoms with van der Waals surface area (Å²) in [5, 5.41) is 10.1. The number of carbonyl (C=O) groups excluding carboxylic acids is 2. The monoisotopic (exact) mass is 700 g/mol. The molecule has 0 spiro atoms. The first-order chi connectivity index (χ1) is 22.5. The van der Waals surface area contributed by atoms with Crippen LogP contribution in [0, 0.1) is 0 Å². The van der Waals surface area contributed by atoms with Crippen molar-refractivity contribution >= 4 is 52.3 Å². The van der Waals surface area contributed by atoms with Crippen LogP contribution in [0.5, 0.6) is 0 Å². The number of likely N-dealkylation sites (tertiary alicyclic amines) is 1. The third kappa shape index (κ3) is 7.73. The molecule has 3 aliphatic rings. The lowest BCUT2D eigenvalue weighted by atomic mass is 9.99. The Balaban J connectivity index is 0.987. The number of anilines is 1. The highest BCUT2D eigenvalue weighted by atomic mass is 35.5. The van der Waals surface area contributed by atoms with Crippen LogP contribution >= 0.6 is 34.8 Å². The Morgan fingerprint density at radius 3 is 2.09 bits per heavy atom. The normalized spacial score (nSPS) is 19.7. The molecule has 0 unspecified atom stereocenters. The zero-order valence-electron chi connectivity index (χ0n) is 27.3. The quantitative estimate of drug-likeness (QED) is 0.312. The summed E-state index contributed by atoms with van der Waals surface area (Å²) in [6.45, 7) is 12.4. The molecule has 10 nitrogen and oxygen atoms in total. The maximum absolute atomic E-state index is 13.5. The van der Waals surface area contributed by atoms with E-state index in [2.05, 4.69) is 52.1 Å². The van der Waals surface area contributed by atoms with E-state index in [1.807, 2.05) is 14.5 Å². The minimum atomic E-state index is -0.0801. The molecule has 2 amide bonds. The molecule has 4 heterocycles. The Morgan fingerprint density at radius 2 is 1.47 bits per heavy atom. The smallest absolute Gasteiger partial charge is 0.253 e. The predicted molar refractivity (Wildman–Crippen MR) is 187 cm³/mol. The second-order valence-corrected chi connectivity index (χ2v) is 14.7.